The molecule has 1 fully saturated rings. The summed E-state index contributed by atoms with van der Waals surface area (Å²) in [6.45, 7) is 4.40. The zero-order valence-corrected chi connectivity index (χ0v) is 18.4. The van der Waals surface area contributed by atoms with Crippen LogP contribution in [0.5, 0.6) is 0 Å². The third-order valence-corrected chi connectivity index (χ3v) is 7.36. The van der Waals surface area contributed by atoms with Crippen molar-refractivity contribution in [2.45, 2.75) is 37.5 Å². The molecular weight excluding hydrogens is 414 g/mol. The summed E-state index contributed by atoms with van der Waals surface area (Å²) >= 11 is 0. The molecule has 0 spiro atoms. The highest BCUT2D eigenvalue weighted by Crippen LogP contribution is 2.43. The normalized spacial score (nSPS) is 14.0. The Morgan fingerprint density at radius 1 is 1.06 bits per heavy atom. The number of nitrogens with zero attached hydrogens (tertiary/aromatic N) is 2. The summed E-state index contributed by atoms with van der Waals surface area (Å²) < 4.78 is 32.6. The van der Waals surface area contributed by atoms with E-state index in [9.17, 15) is 13.2 Å². The minimum absolute atomic E-state index is 0.195. The molecule has 1 aliphatic carbocycles. The fourth-order valence-electron chi connectivity index (χ4n) is 3.43. The molecule has 4 rings (SSSR count). The van der Waals surface area contributed by atoms with E-state index in [-0.39, 0.29) is 22.4 Å². The first kappa shape index (κ1) is 21.3. The summed E-state index contributed by atoms with van der Waals surface area (Å²) in [6.07, 6.45) is 1.95. The number of anilines is 1. The van der Waals surface area contributed by atoms with Crippen molar-refractivity contribution in [1.29, 1.82) is 0 Å². The van der Waals surface area contributed by atoms with Crippen LogP contribution in [-0.4, -0.2) is 36.7 Å². The lowest BCUT2D eigenvalue weighted by Gasteiger charge is -2.18. The Labute approximate surface area is 182 Å². The maximum Gasteiger partial charge on any atom is 0.277 e. The van der Waals surface area contributed by atoms with E-state index in [4.69, 9.17) is 4.42 Å². The Morgan fingerprint density at radius 2 is 1.71 bits per heavy atom. The van der Waals surface area contributed by atoms with Gasteiger partial charge < -0.3 is 9.73 Å². The number of amides is 1. The summed E-state index contributed by atoms with van der Waals surface area (Å²) in [5, 5.41) is 2.81. The van der Waals surface area contributed by atoms with Gasteiger partial charge in [-0.1, -0.05) is 32.0 Å². The van der Waals surface area contributed by atoms with Gasteiger partial charge in [0.15, 0.2) is 5.69 Å². The number of aromatic nitrogens is 1. The standard InChI is InChI=1S/C23H25N3O4S/c1-3-26(4-2)31(28,29)19-14-12-18(13-15-19)24-22(27)20-21(16-10-11-16)30-23(25-20)17-8-6-5-7-9-17/h5-9,12-16H,3-4,10-11H2,1-2H3,(H,24,27). The molecule has 0 atom stereocenters. The van der Waals surface area contributed by atoms with Crippen LogP contribution in [0.2, 0.25) is 0 Å². The highest BCUT2D eigenvalue weighted by atomic mass is 32.2. The monoisotopic (exact) mass is 439 g/mol. The Balaban J connectivity index is 1.56. The first-order chi connectivity index (χ1) is 14.9. The van der Waals surface area contributed by atoms with Gasteiger partial charge in [-0.3, -0.25) is 4.79 Å². The molecule has 1 heterocycles. The van der Waals surface area contributed by atoms with Gasteiger partial charge in [-0.05, 0) is 49.2 Å². The van der Waals surface area contributed by atoms with Gasteiger partial charge in [0.2, 0.25) is 15.9 Å². The van der Waals surface area contributed by atoms with Crippen LogP contribution in [0.1, 0.15) is 48.9 Å². The summed E-state index contributed by atoms with van der Waals surface area (Å²) in [5.74, 6) is 0.880. The van der Waals surface area contributed by atoms with E-state index in [1.54, 1.807) is 26.0 Å². The van der Waals surface area contributed by atoms with Gasteiger partial charge in [0, 0.05) is 30.3 Å². The Morgan fingerprint density at radius 3 is 2.29 bits per heavy atom. The molecule has 0 saturated heterocycles. The zero-order valence-electron chi connectivity index (χ0n) is 17.5. The van der Waals surface area contributed by atoms with E-state index in [2.05, 4.69) is 10.3 Å². The lowest BCUT2D eigenvalue weighted by atomic mass is 10.2. The van der Waals surface area contributed by atoms with Crippen LogP contribution in [0.3, 0.4) is 0 Å². The molecule has 1 N–H and O–H groups in total. The number of hydrogen-bond acceptors (Lipinski definition) is 5. The van der Waals surface area contributed by atoms with E-state index in [0.717, 1.165) is 18.4 Å². The fraction of sp³-hybridized carbons (Fsp3) is 0.304. The van der Waals surface area contributed by atoms with Crippen LogP contribution in [0.15, 0.2) is 63.9 Å². The molecule has 0 unspecified atom stereocenters. The van der Waals surface area contributed by atoms with Crippen molar-refractivity contribution in [2.24, 2.45) is 0 Å². The Kier molecular flexibility index (Phi) is 5.93. The number of carbonyl (C=O) groups is 1. The zero-order chi connectivity index (χ0) is 22.0. The van der Waals surface area contributed by atoms with Crippen LogP contribution < -0.4 is 5.32 Å². The molecule has 1 saturated carbocycles. The third kappa shape index (κ3) is 4.40. The van der Waals surface area contributed by atoms with Gasteiger partial charge >= 0.3 is 0 Å². The maximum atomic E-state index is 12.9. The number of carbonyl (C=O) groups excluding carboxylic acids is 1. The largest absolute Gasteiger partial charge is 0.440 e. The van der Waals surface area contributed by atoms with Crippen LogP contribution in [0.25, 0.3) is 11.5 Å². The van der Waals surface area contributed by atoms with Crippen LogP contribution in [0.4, 0.5) is 5.69 Å². The minimum Gasteiger partial charge on any atom is -0.440 e. The molecule has 3 aromatic rings. The van der Waals surface area contributed by atoms with Crippen molar-refractivity contribution < 1.29 is 17.6 Å². The third-order valence-electron chi connectivity index (χ3n) is 5.29. The van der Waals surface area contributed by atoms with E-state index in [0.29, 0.717) is 30.4 Å². The topological polar surface area (TPSA) is 92.5 Å². The average molecular weight is 440 g/mol. The van der Waals surface area contributed by atoms with Crippen LogP contribution in [0, 0.1) is 0 Å². The smallest absolute Gasteiger partial charge is 0.277 e. The molecular formula is C23H25N3O4S. The lowest BCUT2D eigenvalue weighted by molar-refractivity contribution is 0.102. The van der Waals surface area contributed by atoms with Crippen molar-refractivity contribution in [1.82, 2.24) is 9.29 Å². The molecule has 1 amide bonds. The molecule has 31 heavy (non-hydrogen) atoms. The van der Waals surface area contributed by atoms with Gasteiger partial charge in [0.1, 0.15) is 5.76 Å². The van der Waals surface area contributed by atoms with Gasteiger partial charge in [0.05, 0.1) is 4.90 Å². The van der Waals surface area contributed by atoms with Gasteiger partial charge in [-0.15, -0.1) is 0 Å². The molecule has 162 valence electrons. The van der Waals surface area contributed by atoms with E-state index >= 15 is 0 Å². The molecule has 0 aliphatic heterocycles. The second-order valence-corrected chi connectivity index (χ2v) is 9.38. The number of hydrogen-bond donors (Lipinski definition) is 1. The predicted molar refractivity (Wildman–Crippen MR) is 118 cm³/mol. The number of oxazole rings is 1. The highest BCUT2D eigenvalue weighted by molar-refractivity contribution is 7.89. The van der Waals surface area contributed by atoms with E-state index in [1.165, 1.54) is 16.4 Å². The number of rotatable bonds is 8. The van der Waals surface area contributed by atoms with Crippen molar-refractivity contribution in [3.8, 4) is 11.5 Å². The molecule has 8 heteroatoms. The quantitative estimate of drug-likeness (QED) is 0.558. The van der Waals surface area contributed by atoms with Gasteiger partial charge in [-0.25, -0.2) is 13.4 Å². The van der Waals surface area contributed by atoms with Crippen molar-refractivity contribution in [3.63, 3.8) is 0 Å². The minimum atomic E-state index is -3.54. The SMILES string of the molecule is CCN(CC)S(=O)(=O)c1ccc(NC(=O)c2nc(-c3ccccc3)oc2C2CC2)cc1. The molecule has 0 bridgehead atoms. The predicted octanol–water partition coefficient (Wildman–Crippen LogP) is 4.50. The van der Waals surface area contributed by atoms with Crippen molar-refractivity contribution >= 4 is 21.6 Å². The van der Waals surface area contributed by atoms with Gasteiger partial charge in [0.25, 0.3) is 5.91 Å². The lowest BCUT2D eigenvalue weighted by Crippen LogP contribution is -2.30. The maximum absolute atomic E-state index is 12.9. The fourth-order valence-corrected chi connectivity index (χ4v) is 4.89. The Bertz CT molecular complexity index is 1160. The van der Waals surface area contributed by atoms with E-state index in [1.807, 2.05) is 30.3 Å². The summed E-state index contributed by atoms with van der Waals surface area (Å²) in [5.41, 5.74) is 1.59. The molecule has 2 aromatic carbocycles. The molecule has 7 nitrogen and oxygen atoms in total. The van der Waals surface area contributed by atoms with Crippen molar-refractivity contribution in [2.75, 3.05) is 18.4 Å². The number of benzene rings is 2. The van der Waals surface area contributed by atoms with E-state index < -0.39 is 10.0 Å². The number of sulfonamides is 1. The molecule has 1 aromatic heterocycles. The molecule has 0 radical (unpaired) electrons. The molecule has 1 aliphatic rings. The second kappa shape index (κ2) is 8.64. The van der Waals surface area contributed by atoms with Crippen molar-refractivity contribution in [3.05, 3.63) is 66.1 Å². The van der Waals surface area contributed by atoms with Crippen LogP contribution >= 0.6 is 0 Å². The highest BCUT2D eigenvalue weighted by Gasteiger charge is 2.34. The van der Waals surface area contributed by atoms with Gasteiger partial charge in [-0.2, -0.15) is 4.31 Å². The summed E-state index contributed by atoms with van der Waals surface area (Å²) in [7, 11) is -3.54. The summed E-state index contributed by atoms with van der Waals surface area (Å²) in [6, 6.07) is 15.7. The summed E-state index contributed by atoms with van der Waals surface area (Å²) in [4.78, 5) is 17.6. The number of nitrogens with one attached hydrogen (secondary N) is 1. The second-order valence-electron chi connectivity index (χ2n) is 7.44. The van der Waals surface area contributed by atoms with Crippen LogP contribution in [-0.2, 0) is 10.0 Å². The average Bonchev–Trinajstić information content (AvgIpc) is 3.53. The first-order valence-electron chi connectivity index (χ1n) is 10.4. The first-order valence-corrected chi connectivity index (χ1v) is 11.9. The Hall–Kier alpha value is -2.97.